The maximum absolute atomic E-state index is 12.8. The number of nitrogens with zero attached hydrogens (tertiary/aromatic N) is 1. The molecule has 3 aromatic carbocycles. The Labute approximate surface area is 206 Å². The molecule has 1 atom stereocenters. The molecular formula is C26H29N3O5S. The minimum Gasteiger partial charge on any atom is -0.457 e. The predicted molar refractivity (Wildman–Crippen MR) is 137 cm³/mol. The lowest BCUT2D eigenvalue weighted by atomic mass is 10.1. The highest BCUT2D eigenvalue weighted by molar-refractivity contribution is 7.92. The summed E-state index contributed by atoms with van der Waals surface area (Å²) in [4.78, 5) is 25.4. The summed E-state index contributed by atoms with van der Waals surface area (Å²) in [6.45, 7) is 3.39. The Balaban J connectivity index is 1.74. The highest BCUT2D eigenvalue weighted by atomic mass is 32.2. The van der Waals surface area contributed by atoms with Gasteiger partial charge in [0, 0.05) is 6.04 Å². The number of carbonyl (C=O) groups is 2. The number of hydrogen-bond acceptors (Lipinski definition) is 5. The molecule has 0 unspecified atom stereocenters. The molecule has 3 aromatic rings. The van der Waals surface area contributed by atoms with E-state index in [1.807, 2.05) is 44.2 Å². The summed E-state index contributed by atoms with van der Waals surface area (Å²) in [6, 6.07) is 22.2. The Kier molecular flexibility index (Phi) is 8.48. The maximum Gasteiger partial charge on any atom is 0.253 e. The van der Waals surface area contributed by atoms with Crippen molar-refractivity contribution in [3.63, 3.8) is 0 Å². The summed E-state index contributed by atoms with van der Waals surface area (Å²) in [5.41, 5.74) is 0.915. The van der Waals surface area contributed by atoms with Crippen LogP contribution in [0.25, 0.3) is 0 Å². The molecule has 0 fully saturated rings. The number of rotatable bonds is 10. The molecule has 0 spiro atoms. The van der Waals surface area contributed by atoms with E-state index in [2.05, 4.69) is 10.6 Å². The second-order valence-electron chi connectivity index (χ2n) is 8.06. The van der Waals surface area contributed by atoms with Crippen LogP contribution in [0.3, 0.4) is 0 Å². The van der Waals surface area contributed by atoms with Crippen molar-refractivity contribution >= 4 is 33.2 Å². The summed E-state index contributed by atoms with van der Waals surface area (Å²) >= 11 is 0. The SMILES string of the molecule is CC[C@@H](C)NC(=O)c1ccccc1NC(=O)CN(c1ccc(Oc2ccccc2)cc1)S(C)(=O)=O. The second-order valence-corrected chi connectivity index (χ2v) is 9.96. The molecule has 8 nitrogen and oxygen atoms in total. The van der Waals surface area contributed by atoms with Crippen molar-refractivity contribution in [2.75, 3.05) is 22.4 Å². The van der Waals surface area contributed by atoms with E-state index in [1.54, 1.807) is 48.5 Å². The molecule has 2 amide bonds. The van der Waals surface area contributed by atoms with Crippen molar-refractivity contribution in [2.45, 2.75) is 26.3 Å². The van der Waals surface area contributed by atoms with Gasteiger partial charge in [0.15, 0.2) is 0 Å². The van der Waals surface area contributed by atoms with Crippen molar-refractivity contribution in [3.8, 4) is 11.5 Å². The Hall–Kier alpha value is -3.85. The van der Waals surface area contributed by atoms with E-state index in [0.717, 1.165) is 17.0 Å². The van der Waals surface area contributed by atoms with Crippen molar-refractivity contribution in [1.82, 2.24) is 5.32 Å². The Morgan fingerprint density at radius 3 is 2.14 bits per heavy atom. The zero-order chi connectivity index (χ0) is 25.4. The zero-order valence-corrected chi connectivity index (χ0v) is 20.7. The van der Waals surface area contributed by atoms with Crippen molar-refractivity contribution in [2.24, 2.45) is 0 Å². The van der Waals surface area contributed by atoms with Gasteiger partial charge in [0.25, 0.3) is 5.91 Å². The van der Waals surface area contributed by atoms with Crippen LogP contribution in [-0.4, -0.2) is 39.1 Å². The molecule has 184 valence electrons. The average Bonchev–Trinajstić information content (AvgIpc) is 2.83. The van der Waals surface area contributed by atoms with Crippen LogP contribution >= 0.6 is 0 Å². The number of nitrogens with one attached hydrogen (secondary N) is 2. The molecule has 9 heteroatoms. The summed E-state index contributed by atoms with van der Waals surface area (Å²) < 4.78 is 31.7. The molecule has 0 heterocycles. The first-order chi connectivity index (χ1) is 16.7. The lowest BCUT2D eigenvalue weighted by Gasteiger charge is -2.22. The van der Waals surface area contributed by atoms with Gasteiger partial charge in [-0.25, -0.2) is 8.42 Å². The fraction of sp³-hybridized carbons (Fsp3) is 0.231. The standard InChI is InChI=1S/C26H29N3O5S/c1-4-19(2)27-26(31)23-12-8-9-13-24(23)28-25(30)18-29(35(3,32)33)20-14-16-22(17-15-20)34-21-10-6-5-7-11-21/h5-17,19H,4,18H2,1-3H3,(H,27,31)(H,28,30)/t19-/m1/s1. The van der Waals surface area contributed by atoms with E-state index in [0.29, 0.717) is 28.4 Å². The van der Waals surface area contributed by atoms with Crippen molar-refractivity contribution < 1.29 is 22.7 Å². The van der Waals surface area contributed by atoms with Crippen LogP contribution in [0, 0.1) is 0 Å². The van der Waals surface area contributed by atoms with Crippen molar-refractivity contribution in [1.29, 1.82) is 0 Å². The van der Waals surface area contributed by atoms with Gasteiger partial charge in [-0.3, -0.25) is 13.9 Å². The Bertz CT molecular complexity index is 1260. The topological polar surface area (TPSA) is 105 Å². The third kappa shape index (κ3) is 7.31. The van der Waals surface area contributed by atoms with E-state index >= 15 is 0 Å². The fourth-order valence-corrected chi connectivity index (χ4v) is 4.08. The number of hydrogen-bond donors (Lipinski definition) is 2. The second kappa shape index (κ2) is 11.5. The van der Waals surface area contributed by atoms with Crippen LogP contribution in [-0.2, 0) is 14.8 Å². The number of para-hydroxylation sites is 2. The number of carbonyl (C=O) groups excluding carboxylic acids is 2. The lowest BCUT2D eigenvalue weighted by molar-refractivity contribution is -0.114. The number of ether oxygens (including phenoxy) is 1. The summed E-state index contributed by atoms with van der Waals surface area (Å²) in [5.74, 6) is 0.280. The number of benzene rings is 3. The molecular weight excluding hydrogens is 466 g/mol. The average molecular weight is 496 g/mol. The Morgan fingerprint density at radius 2 is 1.51 bits per heavy atom. The summed E-state index contributed by atoms with van der Waals surface area (Å²) in [5, 5.41) is 5.53. The van der Waals surface area contributed by atoms with Crippen LogP contribution in [0.5, 0.6) is 11.5 Å². The van der Waals surface area contributed by atoms with Crippen LogP contribution in [0.15, 0.2) is 78.9 Å². The number of amides is 2. The minimum absolute atomic E-state index is 0.0270. The zero-order valence-electron chi connectivity index (χ0n) is 19.9. The Morgan fingerprint density at radius 1 is 0.914 bits per heavy atom. The van der Waals surface area contributed by atoms with Gasteiger partial charge in [-0.15, -0.1) is 0 Å². The van der Waals surface area contributed by atoms with Gasteiger partial charge in [-0.2, -0.15) is 0 Å². The quantitative estimate of drug-likeness (QED) is 0.433. The molecule has 0 radical (unpaired) electrons. The van der Waals surface area contributed by atoms with E-state index in [9.17, 15) is 18.0 Å². The van der Waals surface area contributed by atoms with Crippen LogP contribution in [0.2, 0.25) is 0 Å². The number of sulfonamides is 1. The van der Waals surface area contributed by atoms with E-state index in [-0.39, 0.29) is 11.9 Å². The molecule has 2 N–H and O–H groups in total. The molecule has 0 bridgehead atoms. The van der Waals surface area contributed by atoms with Crippen LogP contribution in [0.1, 0.15) is 30.6 Å². The van der Waals surface area contributed by atoms with Crippen LogP contribution < -0.4 is 19.7 Å². The molecule has 0 saturated heterocycles. The first-order valence-corrected chi connectivity index (χ1v) is 13.0. The van der Waals surface area contributed by atoms with Gasteiger partial charge in [0.1, 0.15) is 18.0 Å². The molecule has 0 aliphatic rings. The van der Waals surface area contributed by atoms with E-state index in [1.165, 1.54) is 0 Å². The van der Waals surface area contributed by atoms with Gasteiger partial charge in [0.05, 0.1) is 23.2 Å². The monoisotopic (exact) mass is 495 g/mol. The minimum atomic E-state index is -3.77. The van der Waals surface area contributed by atoms with Crippen LogP contribution in [0.4, 0.5) is 11.4 Å². The van der Waals surface area contributed by atoms with Gasteiger partial charge < -0.3 is 15.4 Å². The molecule has 35 heavy (non-hydrogen) atoms. The van der Waals surface area contributed by atoms with Gasteiger partial charge >= 0.3 is 0 Å². The molecule has 0 saturated carbocycles. The van der Waals surface area contributed by atoms with Gasteiger partial charge in [-0.05, 0) is 61.9 Å². The third-order valence-corrected chi connectivity index (χ3v) is 6.37. The third-order valence-electron chi connectivity index (χ3n) is 5.23. The fourth-order valence-electron chi connectivity index (χ4n) is 3.22. The summed E-state index contributed by atoms with van der Waals surface area (Å²) in [6.07, 6.45) is 1.79. The normalized spacial score (nSPS) is 11.9. The van der Waals surface area contributed by atoms with E-state index < -0.39 is 22.5 Å². The van der Waals surface area contributed by atoms with Crippen molar-refractivity contribution in [3.05, 3.63) is 84.4 Å². The molecule has 3 rings (SSSR count). The summed E-state index contributed by atoms with van der Waals surface area (Å²) in [7, 11) is -3.77. The molecule has 0 aromatic heterocycles. The first kappa shape index (κ1) is 25.8. The molecule has 0 aliphatic carbocycles. The number of anilines is 2. The highest BCUT2D eigenvalue weighted by Crippen LogP contribution is 2.25. The first-order valence-electron chi connectivity index (χ1n) is 11.2. The maximum atomic E-state index is 12.8. The van der Waals surface area contributed by atoms with Gasteiger partial charge in [0.2, 0.25) is 15.9 Å². The highest BCUT2D eigenvalue weighted by Gasteiger charge is 2.22. The molecule has 0 aliphatic heterocycles. The largest absolute Gasteiger partial charge is 0.457 e. The predicted octanol–water partition coefficient (Wildman–Crippen LogP) is 4.41. The lowest BCUT2D eigenvalue weighted by Crippen LogP contribution is -2.38. The van der Waals surface area contributed by atoms with Gasteiger partial charge in [-0.1, -0.05) is 37.3 Å². The smallest absolute Gasteiger partial charge is 0.253 e. The van der Waals surface area contributed by atoms with E-state index in [4.69, 9.17) is 4.74 Å².